The standard InChI is InChI=1S/C11H14FN3O/c12-6-11(7-16-10(14)5-15-11)8-2-1-3-9(13)4-8/h1-5,10H,6-7,13-14H2/t10?,11-/m0/s1. The normalized spacial score (nSPS) is 29.2. The van der Waals surface area contributed by atoms with Crippen LogP contribution < -0.4 is 11.5 Å². The maximum Gasteiger partial charge on any atom is 0.141 e. The molecule has 2 atom stereocenters. The zero-order valence-corrected chi connectivity index (χ0v) is 8.77. The number of hydrogen-bond donors (Lipinski definition) is 2. The first-order chi connectivity index (χ1) is 7.66. The summed E-state index contributed by atoms with van der Waals surface area (Å²) >= 11 is 0. The predicted molar refractivity (Wildman–Crippen MR) is 60.9 cm³/mol. The van der Waals surface area contributed by atoms with Gasteiger partial charge in [-0.3, -0.25) is 4.99 Å². The smallest absolute Gasteiger partial charge is 0.141 e. The molecule has 0 saturated heterocycles. The molecule has 2 rings (SSSR count). The SMILES string of the molecule is Nc1cccc([C@]2(CF)COC(N)C=N2)c1. The Hall–Kier alpha value is -1.46. The Bertz CT molecular complexity index is 410. The van der Waals surface area contributed by atoms with Crippen LogP contribution in [0.4, 0.5) is 10.1 Å². The number of nitrogen functional groups attached to an aromatic ring is 1. The molecule has 0 bridgehead atoms. The highest BCUT2D eigenvalue weighted by Crippen LogP contribution is 2.30. The molecule has 0 fully saturated rings. The number of rotatable bonds is 2. The predicted octanol–water partition coefficient (Wildman–Crippen LogP) is 0.819. The number of halogens is 1. The van der Waals surface area contributed by atoms with Crippen molar-refractivity contribution < 1.29 is 9.13 Å². The Kier molecular flexibility index (Phi) is 2.89. The minimum atomic E-state index is -0.995. The van der Waals surface area contributed by atoms with E-state index in [1.165, 1.54) is 6.21 Å². The second kappa shape index (κ2) is 4.19. The van der Waals surface area contributed by atoms with Gasteiger partial charge in [-0.25, -0.2) is 4.39 Å². The summed E-state index contributed by atoms with van der Waals surface area (Å²) < 4.78 is 18.4. The molecule has 0 spiro atoms. The lowest BCUT2D eigenvalue weighted by atomic mass is 9.91. The summed E-state index contributed by atoms with van der Waals surface area (Å²) in [4.78, 5) is 4.17. The van der Waals surface area contributed by atoms with Crippen LogP contribution in [0.2, 0.25) is 0 Å². The van der Waals surface area contributed by atoms with Gasteiger partial charge in [0.1, 0.15) is 18.4 Å². The Morgan fingerprint density at radius 3 is 2.94 bits per heavy atom. The summed E-state index contributed by atoms with van der Waals surface area (Å²) in [6, 6.07) is 7.01. The maximum atomic E-state index is 13.2. The van der Waals surface area contributed by atoms with Crippen LogP contribution in [-0.4, -0.2) is 25.7 Å². The van der Waals surface area contributed by atoms with Gasteiger partial charge in [-0.1, -0.05) is 12.1 Å². The fourth-order valence-corrected chi connectivity index (χ4v) is 1.67. The summed E-state index contributed by atoms with van der Waals surface area (Å²) in [6.07, 6.45) is 0.868. The average molecular weight is 223 g/mol. The second-order valence-corrected chi connectivity index (χ2v) is 3.84. The topological polar surface area (TPSA) is 73.6 Å². The highest BCUT2D eigenvalue weighted by Gasteiger charge is 2.35. The van der Waals surface area contributed by atoms with E-state index in [1.807, 2.05) is 0 Å². The quantitative estimate of drug-likeness (QED) is 0.729. The van der Waals surface area contributed by atoms with Crippen LogP contribution in [0.15, 0.2) is 29.3 Å². The fourth-order valence-electron chi connectivity index (χ4n) is 1.67. The minimum absolute atomic E-state index is 0.130. The molecule has 16 heavy (non-hydrogen) atoms. The number of nitrogens with two attached hydrogens (primary N) is 2. The number of aliphatic imine (C=N–C) groups is 1. The van der Waals surface area contributed by atoms with Gasteiger partial charge < -0.3 is 16.2 Å². The van der Waals surface area contributed by atoms with Crippen molar-refractivity contribution in [2.75, 3.05) is 19.0 Å². The lowest BCUT2D eigenvalue weighted by Crippen LogP contribution is -2.42. The van der Waals surface area contributed by atoms with Crippen LogP contribution in [0.1, 0.15) is 5.56 Å². The Morgan fingerprint density at radius 2 is 2.38 bits per heavy atom. The van der Waals surface area contributed by atoms with Gasteiger partial charge in [-0.2, -0.15) is 0 Å². The summed E-state index contributed by atoms with van der Waals surface area (Å²) in [6.45, 7) is -0.510. The van der Waals surface area contributed by atoms with Crippen molar-refractivity contribution in [1.29, 1.82) is 0 Å². The van der Waals surface area contributed by atoms with Crippen molar-refractivity contribution in [2.24, 2.45) is 10.7 Å². The molecule has 1 aliphatic rings. The fraction of sp³-hybridized carbons (Fsp3) is 0.364. The number of nitrogens with zero attached hydrogens (tertiary/aromatic N) is 1. The van der Waals surface area contributed by atoms with Gasteiger partial charge in [0, 0.05) is 11.9 Å². The van der Waals surface area contributed by atoms with E-state index in [0.717, 1.165) is 0 Å². The molecule has 1 unspecified atom stereocenters. The van der Waals surface area contributed by atoms with Crippen molar-refractivity contribution in [3.63, 3.8) is 0 Å². The monoisotopic (exact) mass is 223 g/mol. The number of alkyl halides is 1. The third-order valence-electron chi connectivity index (χ3n) is 2.63. The Labute approximate surface area is 93.1 Å². The lowest BCUT2D eigenvalue weighted by molar-refractivity contribution is 0.0377. The molecule has 0 saturated carbocycles. The van der Waals surface area contributed by atoms with Crippen molar-refractivity contribution >= 4 is 11.9 Å². The number of anilines is 1. The molecule has 1 aliphatic heterocycles. The maximum absolute atomic E-state index is 13.2. The largest absolute Gasteiger partial charge is 0.399 e. The van der Waals surface area contributed by atoms with Gasteiger partial charge in [-0.05, 0) is 17.7 Å². The van der Waals surface area contributed by atoms with Crippen LogP contribution in [0.3, 0.4) is 0 Å². The number of benzene rings is 1. The van der Waals surface area contributed by atoms with Crippen LogP contribution in [0.25, 0.3) is 0 Å². The molecule has 0 aromatic heterocycles. The van der Waals surface area contributed by atoms with Gasteiger partial charge >= 0.3 is 0 Å². The summed E-state index contributed by atoms with van der Waals surface area (Å²) in [7, 11) is 0. The Balaban J connectivity index is 2.39. The first-order valence-corrected chi connectivity index (χ1v) is 5.01. The van der Waals surface area contributed by atoms with Crippen LogP contribution in [0, 0.1) is 0 Å². The van der Waals surface area contributed by atoms with Crippen LogP contribution in [0.5, 0.6) is 0 Å². The molecule has 5 heteroatoms. The second-order valence-electron chi connectivity index (χ2n) is 3.84. The highest BCUT2D eigenvalue weighted by atomic mass is 19.1. The first kappa shape index (κ1) is 11.0. The molecule has 4 nitrogen and oxygen atoms in total. The molecule has 86 valence electrons. The van der Waals surface area contributed by atoms with Gasteiger partial charge in [0.25, 0.3) is 0 Å². The average Bonchev–Trinajstić information content (AvgIpc) is 2.31. The van der Waals surface area contributed by atoms with Crippen molar-refractivity contribution in [3.8, 4) is 0 Å². The van der Waals surface area contributed by atoms with Crippen molar-refractivity contribution in [2.45, 2.75) is 11.8 Å². The van der Waals surface area contributed by atoms with E-state index in [2.05, 4.69) is 4.99 Å². The van der Waals surface area contributed by atoms with E-state index in [0.29, 0.717) is 11.3 Å². The highest BCUT2D eigenvalue weighted by molar-refractivity contribution is 5.64. The zero-order valence-electron chi connectivity index (χ0n) is 8.77. The molecule has 0 amide bonds. The lowest BCUT2D eigenvalue weighted by Gasteiger charge is -2.31. The van der Waals surface area contributed by atoms with Gasteiger partial charge in [0.2, 0.25) is 0 Å². The first-order valence-electron chi connectivity index (χ1n) is 5.01. The third kappa shape index (κ3) is 1.91. The Morgan fingerprint density at radius 1 is 1.56 bits per heavy atom. The summed E-state index contributed by atoms with van der Waals surface area (Å²) in [5.41, 5.74) is 11.5. The van der Waals surface area contributed by atoms with Crippen molar-refractivity contribution in [3.05, 3.63) is 29.8 Å². The third-order valence-corrected chi connectivity index (χ3v) is 2.63. The van der Waals surface area contributed by atoms with E-state index >= 15 is 0 Å². The number of hydrogen-bond acceptors (Lipinski definition) is 4. The van der Waals surface area contributed by atoms with Gasteiger partial charge in [-0.15, -0.1) is 0 Å². The molecule has 0 radical (unpaired) electrons. The summed E-state index contributed by atoms with van der Waals surface area (Å²) in [5.74, 6) is 0. The molecular formula is C11H14FN3O. The van der Waals surface area contributed by atoms with E-state index < -0.39 is 18.4 Å². The minimum Gasteiger partial charge on any atom is -0.399 e. The summed E-state index contributed by atoms with van der Waals surface area (Å²) in [5, 5.41) is 0. The molecule has 1 aromatic rings. The number of ether oxygens (including phenoxy) is 1. The van der Waals surface area contributed by atoms with Gasteiger partial charge in [0.15, 0.2) is 0 Å². The van der Waals surface area contributed by atoms with Crippen LogP contribution in [-0.2, 0) is 10.3 Å². The van der Waals surface area contributed by atoms with Crippen LogP contribution >= 0.6 is 0 Å². The molecule has 1 heterocycles. The van der Waals surface area contributed by atoms with Gasteiger partial charge in [0.05, 0.1) is 6.61 Å². The van der Waals surface area contributed by atoms with E-state index in [1.54, 1.807) is 24.3 Å². The zero-order chi connectivity index (χ0) is 11.6. The molecule has 1 aromatic carbocycles. The van der Waals surface area contributed by atoms with E-state index in [4.69, 9.17) is 16.2 Å². The van der Waals surface area contributed by atoms with E-state index in [-0.39, 0.29) is 6.61 Å². The van der Waals surface area contributed by atoms with E-state index in [9.17, 15) is 4.39 Å². The van der Waals surface area contributed by atoms with Crippen molar-refractivity contribution in [1.82, 2.24) is 0 Å². The molecule has 4 N–H and O–H groups in total. The molecule has 0 aliphatic carbocycles. The molecular weight excluding hydrogens is 209 g/mol.